The lowest BCUT2D eigenvalue weighted by atomic mass is 10.0. The smallest absolute Gasteiger partial charge is 0.241 e. The molecule has 0 saturated heterocycles. The first-order valence-electron chi connectivity index (χ1n) is 9.91. The van der Waals surface area contributed by atoms with Crippen LogP contribution in [0, 0.1) is 0 Å². The van der Waals surface area contributed by atoms with E-state index in [0.29, 0.717) is 17.6 Å². The van der Waals surface area contributed by atoms with E-state index in [1.165, 1.54) is 49.6 Å². The van der Waals surface area contributed by atoms with E-state index >= 15 is 0 Å². The van der Waals surface area contributed by atoms with Gasteiger partial charge < -0.3 is 0 Å². The predicted octanol–water partition coefficient (Wildman–Crippen LogP) is 2.51. The van der Waals surface area contributed by atoms with E-state index in [1.807, 2.05) is 0 Å². The number of rotatable bonds is 8. The van der Waals surface area contributed by atoms with Crippen LogP contribution < -0.4 is 4.72 Å². The van der Waals surface area contributed by atoms with Crippen molar-refractivity contribution < 1.29 is 21.6 Å². The summed E-state index contributed by atoms with van der Waals surface area (Å²) in [5.41, 5.74) is 1.86. The summed E-state index contributed by atoms with van der Waals surface area (Å²) in [4.78, 5) is 16.0. The van der Waals surface area contributed by atoms with Gasteiger partial charge in [-0.2, -0.15) is 5.10 Å². The minimum Gasteiger partial charge on any atom is -0.294 e. The van der Waals surface area contributed by atoms with Crippen molar-refractivity contribution in [3.63, 3.8) is 0 Å². The largest absolute Gasteiger partial charge is 0.294 e. The Balaban J connectivity index is 1.52. The third kappa shape index (κ3) is 4.56. The molecule has 0 spiro atoms. The molecule has 2 N–H and O–H groups in total. The van der Waals surface area contributed by atoms with Gasteiger partial charge in [-0.3, -0.25) is 9.89 Å². The fourth-order valence-electron chi connectivity index (χ4n) is 3.36. The molecule has 0 saturated carbocycles. The molecule has 33 heavy (non-hydrogen) atoms. The summed E-state index contributed by atoms with van der Waals surface area (Å²) in [5.74, 6) is -0.0894. The SMILES string of the molecule is CNS(=O)(=O)c1ccccc1S(=O)(=O)c1ccc(CCC(=O)c2cnc3[nH]ncc3c2)cc1. The highest BCUT2D eigenvalue weighted by Gasteiger charge is 2.26. The van der Waals surface area contributed by atoms with Gasteiger partial charge in [-0.15, -0.1) is 0 Å². The summed E-state index contributed by atoms with van der Waals surface area (Å²) in [5, 5.41) is 7.36. The number of sulfone groups is 1. The molecule has 0 amide bonds. The highest BCUT2D eigenvalue weighted by Crippen LogP contribution is 2.27. The molecule has 4 rings (SSSR count). The van der Waals surface area contributed by atoms with Gasteiger partial charge in [0.25, 0.3) is 0 Å². The van der Waals surface area contributed by atoms with Crippen LogP contribution in [-0.4, -0.2) is 44.8 Å². The molecule has 2 aromatic heterocycles. The second-order valence-electron chi connectivity index (χ2n) is 7.26. The molecule has 0 atom stereocenters. The number of H-pyrrole nitrogens is 1. The maximum absolute atomic E-state index is 13.1. The van der Waals surface area contributed by atoms with Crippen molar-refractivity contribution in [3.8, 4) is 0 Å². The lowest BCUT2D eigenvalue weighted by Crippen LogP contribution is -2.21. The molecule has 0 radical (unpaired) electrons. The maximum atomic E-state index is 13.1. The highest BCUT2D eigenvalue weighted by atomic mass is 32.2. The zero-order valence-electron chi connectivity index (χ0n) is 17.5. The number of ketones is 1. The van der Waals surface area contributed by atoms with Gasteiger partial charge in [-0.1, -0.05) is 24.3 Å². The number of fused-ring (bicyclic) bond motifs is 1. The Morgan fingerprint density at radius 1 is 0.970 bits per heavy atom. The number of nitrogens with one attached hydrogen (secondary N) is 2. The average molecular weight is 485 g/mol. The quantitative estimate of drug-likeness (QED) is 0.366. The summed E-state index contributed by atoms with van der Waals surface area (Å²) in [6.45, 7) is 0. The Morgan fingerprint density at radius 3 is 2.36 bits per heavy atom. The first kappa shape index (κ1) is 22.8. The minimum atomic E-state index is -4.07. The van der Waals surface area contributed by atoms with E-state index in [2.05, 4.69) is 19.9 Å². The molecule has 4 aromatic rings. The number of Topliss-reactive ketones (excluding diaryl/α,β-unsaturated/α-hetero) is 1. The zero-order chi connectivity index (χ0) is 23.6. The number of benzene rings is 2. The van der Waals surface area contributed by atoms with Crippen molar-refractivity contribution in [2.75, 3.05) is 7.05 Å². The molecule has 9 nitrogen and oxygen atoms in total. The normalized spacial score (nSPS) is 12.2. The van der Waals surface area contributed by atoms with E-state index in [1.54, 1.807) is 24.4 Å². The lowest BCUT2D eigenvalue weighted by molar-refractivity contribution is 0.0982. The second-order valence-corrected chi connectivity index (χ2v) is 11.0. The van der Waals surface area contributed by atoms with Gasteiger partial charge in [0.2, 0.25) is 19.9 Å². The van der Waals surface area contributed by atoms with Crippen LogP contribution in [0.5, 0.6) is 0 Å². The van der Waals surface area contributed by atoms with Crippen molar-refractivity contribution in [1.29, 1.82) is 0 Å². The van der Waals surface area contributed by atoms with Crippen LogP contribution >= 0.6 is 0 Å². The Hall–Kier alpha value is -3.41. The molecule has 0 fully saturated rings. The van der Waals surface area contributed by atoms with Crippen LogP contribution in [0.1, 0.15) is 22.3 Å². The van der Waals surface area contributed by atoms with E-state index in [-0.39, 0.29) is 26.9 Å². The number of sulfonamides is 1. The van der Waals surface area contributed by atoms with Gasteiger partial charge in [-0.05, 0) is 49.4 Å². The van der Waals surface area contributed by atoms with E-state index in [0.717, 1.165) is 10.9 Å². The monoisotopic (exact) mass is 484 g/mol. The number of aromatic nitrogens is 3. The first-order valence-corrected chi connectivity index (χ1v) is 12.9. The van der Waals surface area contributed by atoms with E-state index < -0.39 is 19.9 Å². The van der Waals surface area contributed by atoms with Crippen LogP contribution in [0.3, 0.4) is 0 Å². The van der Waals surface area contributed by atoms with Crippen molar-refractivity contribution in [1.82, 2.24) is 19.9 Å². The molecule has 11 heteroatoms. The van der Waals surface area contributed by atoms with E-state index in [9.17, 15) is 21.6 Å². The zero-order valence-corrected chi connectivity index (χ0v) is 19.2. The van der Waals surface area contributed by atoms with Crippen LogP contribution in [0.15, 0.2) is 81.7 Å². The third-order valence-corrected chi connectivity index (χ3v) is 8.61. The summed E-state index contributed by atoms with van der Waals surface area (Å²) < 4.78 is 52.9. The Kier molecular flexibility index (Phi) is 6.11. The standard InChI is InChI=1S/C22H20N4O5S2/c1-23-33(30,31)21-5-3-2-4-20(21)32(28,29)18-9-6-15(7-10-18)8-11-19(27)16-12-17-14-25-26-22(17)24-13-16/h2-7,9-10,12-14,23H,8,11H2,1H3,(H,24,25,26). The molecule has 2 heterocycles. The average Bonchev–Trinajstić information content (AvgIpc) is 3.31. The Labute approximate surface area is 190 Å². The van der Waals surface area contributed by atoms with Crippen LogP contribution in [-0.2, 0) is 26.3 Å². The molecule has 170 valence electrons. The van der Waals surface area contributed by atoms with Crippen molar-refractivity contribution in [2.45, 2.75) is 27.5 Å². The van der Waals surface area contributed by atoms with Crippen molar-refractivity contribution >= 4 is 36.7 Å². The maximum Gasteiger partial charge on any atom is 0.241 e. The topological polar surface area (TPSA) is 139 Å². The van der Waals surface area contributed by atoms with Gasteiger partial charge in [-0.25, -0.2) is 26.5 Å². The fraction of sp³-hybridized carbons (Fsp3) is 0.136. The molecule has 2 aromatic carbocycles. The lowest BCUT2D eigenvalue weighted by Gasteiger charge is -2.11. The molecule has 0 unspecified atom stereocenters. The van der Waals surface area contributed by atoms with Crippen molar-refractivity contribution in [2.24, 2.45) is 0 Å². The molecule has 0 aliphatic rings. The summed E-state index contributed by atoms with van der Waals surface area (Å²) in [6.07, 6.45) is 3.72. The number of carbonyl (C=O) groups is 1. The Bertz CT molecular complexity index is 1540. The number of hydrogen-bond donors (Lipinski definition) is 2. The fourth-order valence-corrected chi connectivity index (χ4v) is 6.17. The molecule has 0 aliphatic carbocycles. The number of nitrogens with zero attached hydrogens (tertiary/aromatic N) is 2. The predicted molar refractivity (Wildman–Crippen MR) is 121 cm³/mol. The van der Waals surface area contributed by atoms with Gasteiger partial charge in [0, 0.05) is 23.6 Å². The molecular formula is C22H20N4O5S2. The first-order chi connectivity index (χ1) is 15.7. The summed E-state index contributed by atoms with van der Waals surface area (Å²) in [6, 6.07) is 13.2. The number of aryl methyl sites for hydroxylation is 1. The molecule has 0 bridgehead atoms. The van der Waals surface area contributed by atoms with Gasteiger partial charge in [0.05, 0.1) is 16.0 Å². The Morgan fingerprint density at radius 2 is 1.67 bits per heavy atom. The molecule has 0 aliphatic heterocycles. The summed E-state index contributed by atoms with van der Waals surface area (Å²) in [7, 11) is -6.81. The number of hydrogen-bond acceptors (Lipinski definition) is 7. The van der Waals surface area contributed by atoms with Gasteiger partial charge >= 0.3 is 0 Å². The van der Waals surface area contributed by atoms with Crippen LogP contribution in [0.2, 0.25) is 0 Å². The van der Waals surface area contributed by atoms with Gasteiger partial charge in [0.1, 0.15) is 4.90 Å². The highest BCUT2D eigenvalue weighted by molar-refractivity contribution is 7.93. The third-order valence-electron chi connectivity index (χ3n) is 5.18. The van der Waals surface area contributed by atoms with Crippen molar-refractivity contribution in [3.05, 3.63) is 78.1 Å². The van der Waals surface area contributed by atoms with Crippen LogP contribution in [0.25, 0.3) is 11.0 Å². The molecular weight excluding hydrogens is 464 g/mol. The van der Waals surface area contributed by atoms with E-state index in [4.69, 9.17) is 0 Å². The van der Waals surface area contributed by atoms with Gasteiger partial charge in [0.15, 0.2) is 11.4 Å². The minimum absolute atomic E-state index is 0.0362. The number of pyridine rings is 1. The second kappa shape index (κ2) is 8.85. The van der Waals surface area contributed by atoms with Crippen LogP contribution in [0.4, 0.5) is 0 Å². The number of aromatic amines is 1. The number of carbonyl (C=O) groups excluding carboxylic acids is 1. The summed E-state index contributed by atoms with van der Waals surface area (Å²) >= 11 is 0.